The van der Waals surface area contributed by atoms with Crippen LogP contribution in [-0.4, -0.2) is 39.2 Å². The van der Waals surface area contributed by atoms with Crippen LogP contribution in [0.3, 0.4) is 0 Å². The van der Waals surface area contributed by atoms with E-state index in [1.54, 1.807) is 12.1 Å². The van der Waals surface area contributed by atoms with Crippen molar-refractivity contribution in [3.63, 3.8) is 0 Å². The lowest BCUT2D eigenvalue weighted by atomic mass is 10.0. The van der Waals surface area contributed by atoms with E-state index in [4.69, 9.17) is 4.74 Å². The van der Waals surface area contributed by atoms with Gasteiger partial charge in [-0.15, -0.1) is 0 Å². The van der Waals surface area contributed by atoms with Crippen molar-refractivity contribution in [3.8, 4) is 5.75 Å². The normalized spacial score (nSPS) is 17.9. The minimum absolute atomic E-state index is 0.0270. The average Bonchev–Trinajstić information content (AvgIpc) is 2.47. The fraction of sp³-hybridized carbons (Fsp3) is 0.500. The van der Waals surface area contributed by atoms with Gasteiger partial charge in [0, 0.05) is 19.0 Å². The Kier molecular flexibility index (Phi) is 4.45. The highest BCUT2D eigenvalue weighted by molar-refractivity contribution is 7.89. The zero-order chi connectivity index (χ0) is 14.8. The molecule has 0 N–H and O–H groups in total. The molecule has 1 heterocycles. The molecule has 1 aromatic rings. The van der Waals surface area contributed by atoms with Gasteiger partial charge in [-0.2, -0.15) is 4.31 Å². The standard InChI is InChI=1S/C14H19NO4S/c1-11-3-4-13(19-2)14(9-11)20(17,18)15-7-5-12(10-16)6-8-15/h3-4,9-10,12H,5-8H2,1-2H3. The van der Waals surface area contributed by atoms with Crippen molar-refractivity contribution in [2.75, 3.05) is 20.2 Å². The van der Waals surface area contributed by atoms with E-state index < -0.39 is 10.0 Å². The summed E-state index contributed by atoms with van der Waals surface area (Å²) in [6.07, 6.45) is 2.07. The highest BCUT2D eigenvalue weighted by Gasteiger charge is 2.31. The first kappa shape index (κ1) is 15.0. The van der Waals surface area contributed by atoms with Gasteiger partial charge < -0.3 is 9.53 Å². The summed E-state index contributed by atoms with van der Waals surface area (Å²) in [6, 6.07) is 5.11. The number of hydrogen-bond donors (Lipinski definition) is 0. The first-order valence-electron chi connectivity index (χ1n) is 6.59. The van der Waals surface area contributed by atoms with Gasteiger partial charge in [-0.05, 0) is 37.5 Å². The number of carbonyl (C=O) groups is 1. The van der Waals surface area contributed by atoms with Crippen LogP contribution in [-0.2, 0) is 14.8 Å². The molecule has 0 saturated carbocycles. The third kappa shape index (κ3) is 2.86. The molecule has 1 aliphatic heterocycles. The van der Waals surface area contributed by atoms with Crippen LogP contribution in [0.15, 0.2) is 23.1 Å². The van der Waals surface area contributed by atoms with Gasteiger partial charge in [-0.3, -0.25) is 0 Å². The second kappa shape index (κ2) is 5.93. The van der Waals surface area contributed by atoms with Crippen LogP contribution < -0.4 is 4.74 Å². The molecule has 0 unspecified atom stereocenters. The second-order valence-electron chi connectivity index (χ2n) is 5.03. The maximum atomic E-state index is 12.7. The van der Waals surface area contributed by atoms with Crippen molar-refractivity contribution in [2.24, 2.45) is 5.92 Å². The van der Waals surface area contributed by atoms with Crippen LogP contribution in [0.4, 0.5) is 0 Å². The molecule has 20 heavy (non-hydrogen) atoms. The molecule has 2 rings (SSSR count). The van der Waals surface area contributed by atoms with Crippen molar-refractivity contribution in [3.05, 3.63) is 23.8 Å². The van der Waals surface area contributed by atoms with Gasteiger partial charge in [0.2, 0.25) is 10.0 Å². The van der Waals surface area contributed by atoms with E-state index in [9.17, 15) is 13.2 Å². The topological polar surface area (TPSA) is 63.7 Å². The number of ether oxygens (including phenoxy) is 1. The largest absolute Gasteiger partial charge is 0.495 e. The van der Waals surface area contributed by atoms with Crippen molar-refractivity contribution in [2.45, 2.75) is 24.7 Å². The third-order valence-corrected chi connectivity index (χ3v) is 5.55. The SMILES string of the molecule is COc1ccc(C)cc1S(=O)(=O)N1CCC(C=O)CC1. The Morgan fingerprint density at radius 1 is 1.30 bits per heavy atom. The van der Waals surface area contributed by atoms with Crippen LogP contribution >= 0.6 is 0 Å². The zero-order valence-electron chi connectivity index (χ0n) is 11.7. The molecule has 0 aromatic heterocycles. The van der Waals surface area contributed by atoms with Gasteiger partial charge in [0.05, 0.1) is 7.11 Å². The Morgan fingerprint density at radius 2 is 1.95 bits per heavy atom. The number of hydrogen-bond acceptors (Lipinski definition) is 4. The highest BCUT2D eigenvalue weighted by atomic mass is 32.2. The van der Waals surface area contributed by atoms with Gasteiger partial charge in [-0.25, -0.2) is 8.42 Å². The Morgan fingerprint density at radius 3 is 2.50 bits per heavy atom. The number of sulfonamides is 1. The molecular formula is C14H19NO4S. The Labute approximate surface area is 119 Å². The number of piperidine rings is 1. The smallest absolute Gasteiger partial charge is 0.246 e. The first-order valence-corrected chi connectivity index (χ1v) is 8.03. The molecular weight excluding hydrogens is 278 g/mol. The lowest BCUT2D eigenvalue weighted by Gasteiger charge is -2.29. The molecule has 0 aliphatic carbocycles. The van der Waals surface area contributed by atoms with Gasteiger partial charge in [-0.1, -0.05) is 6.07 Å². The maximum absolute atomic E-state index is 12.7. The third-order valence-electron chi connectivity index (χ3n) is 3.63. The van der Waals surface area contributed by atoms with Crippen molar-refractivity contribution < 1.29 is 17.9 Å². The monoisotopic (exact) mass is 297 g/mol. The molecule has 1 saturated heterocycles. The molecule has 0 radical (unpaired) electrons. The van der Waals surface area contributed by atoms with Gasteiger partial charge >= 0.3 is 0 Å². The number of aryl methyl sites for hydroxylation is 1. The molecule has 1 aliphatic rings. The predicted molar refractivity (Wildman–Crippen MR) is 75.3 cm³/mol. The van der Waals surface area contributed by atoms with Crippen molar-refractivity contribution >= 4 is 16.3 Å². The zero-order valence-corrected chi connectivity index (χ0v) is 12.5. The molecule has 0 atom stereocenters. The summed E-state index contributed by atoms with van der Waals surface area (Å²) in [5.41, 5.74) is 0.868. The Hall–Kier alpha value is -1.40. The van der Waals surface area contributed by atoms with Crippen LogP contribution in [0.2, 0.25) is 0 Å². The van der Waals surface area contributed by atoms with Gasteiger partial charge in [0.15, 0.2) is 0 Å². The molecule has 1 fully saturated rings. The summed E-state index contributed by atoms with van der Waals surface area (Å²) in [4.78, 5) is 10.9. The molecule has 0 amide bonds. The fourth-order valence-corrected chi connectivity index (χ4v) is 4.09. The molecule has 6 heteroatoms. The summed E-state index contributed by atoms with van der Waals surface area (Å²) >= 11 is 0. The molecule has 110 valence electrons. The van der Waals surface area contributed by atoms with Crippen LogP contribution in [0.5, 0.6) is 5.75 Å². The van der Waals surface area contributed by atoms with Crippen LogP contribution in [0.1, 0.15) is 18.4 Å². The Balaban J connectivity index is 2.31. The summed E-state index contributed by atoms with van der Waals surface area (Å²) in [5.74, 6) is 0.328. The minimum Gasteiger partial charge on any atom is -0.495 e. The summed E-state index contributed by atoms with van der Waals surface area (Å²) in [5, 5.41) is 0. The summed E-state index contributed by atoms with van der Waals surface area (Å²) in [6.45, 7) is 2.60. The van der Waals surface area contributed by atoms with E-state index in [0.717, 1.165) is 11.8 Å². The number of benzene rings is 1. The van der Waals surface area contributed by atoms with E-state index >= 15 is 0 Å². The maximum Gasteiger partial charge on any atom is 0.246 e. The lowest BCUT2D eigenvalue weighted by Crippen LogP contribution is -2.38. The number of carbonyl (C=O) groups excluding carboxylic acids is 1. The molecule has 5 nitrogen and oxygen atoms in total. The van der Waals surface area contributed by atoms with Gasteiger partial charge in [0.1, 0.15) is 16.9 Å². The van der Waals surface area contributed by atoms with Gasteiger partial charge in [0.25, 0.3) is 0 Å². The number of aldehydes is 1. The Bertz CT molecular complexity index is 589. The number of rotatable bonds is 4. The van der Waals surface area contributed by atoms with Crippen molar-refractivity contribution in [1.29, 1.82) is 0 Å². The van der Waals surface area contributed by atoms with E-state index in [2.05, 4.69) is 0 Å². The van der Waals surface area contributed by atoms with E-state index in [1.165, 1.54) is 11.4 Å². The average molecular weight is 297 g/mol. The number of methoxy groups -OCH3 is 1. The summed E-state index contributed by atoms with van der Waals surface area (Å²) in [7, 11) is -2.11. The molecule has 0 spiro atoms. The lowest BCUT2D eigenvalue weighted by molar-refractivity contribution is -0.112. The second-order valence-corrected chi connectivity index (χ2v) is 6.94. The van der Waals surface area contributed by atoms with E-state index in [0.29, 0.717) is 31.7 Å². The van der Waals surface area contributed by atoms with Crippen LogP contribution in [0, 0.1) is 12.8 Å². The van der Waals surface area contributed by atoms with Crippen LogP contribution in [0.25, 0.3) is 0 Å². The fourth-order valence-electron chi connectivity index (χ4n) is 2.38. The quantitative estimate of drug-likeness (QED) is 0.792. The number of nitrogens with zero attached hydrogens (tertiary/aromatic N) is 1. The van der Waals surface area contributed by atoms with E-state index in [-0.39, 0.29) is 10.8 Å². The highest BCUT2D eigenvalue weighted by Crippen LogP contribution is 2.30. The molecule has 1 aromatic carbocycles. The summed E-state index contributed by atoms with van der Waals surface area (Å²) < 4.78 is 31.9. The first-order chi connectivity index (χ1) is 9.48. The molecule has 0 bridgehead atoms. The minimum atomic E-state index is -3.57. The van der Waals surface area contributed by atoms with E-state index in [1.807, 2.05) is 13.0 Å². The van der Waals surface area contributed by atoms with Crippen molar-refractivity contribution in [1.82, 2.24) is 4.31 Å². The predicted octanol–water partition coefficient (Wildman–Crippen LogP) is 1.60.